The Hall–Kier alpha value is -3.34. The standard InChI is InChI=1S/C24H17BO3/c26-25(27)18-11-12-21-22(15-18)28-24-20(17-9-5-2-6-10-17)14-13-19(23(21)24)16-7-3-1-4-8-16/h1-15,26-27H/i2D,5D,6D,9D,10D. The highest BCUT2D eigenvalue weighted by Gasteiger charge is 2.19. The van der Waals surface area contributed by atoms with Crippen LogP contribution in [0.25, 0.3) is 44.2 Å². The van der Waals surface area contributed by atoms with E-state index in [2.05, 4.69) is 0 Å². The number of fused-ring (bicyclic) bond motifs is 3. The van der Waals surface area contributed by atoms with Gasteiger partial charge in [-0.2, -0.15) is 0 Å². The van der Waals surface area contributed by atoms with Crippen LogP contribution in [-0.2, 0) is 0 Å². The van der Waals surface area contributed by atoms with E-state index in [4.69, 9.17) is 11.3 Å². The quantitative estimate of drug-likeness (QED) is 0.457. The van der Waals surface area contributed by atoms with Gasteiger partial charge < -0.3 is 14.5 Å². The summed E-state index contributed by atoms with van der Waals surface area (Å²) < 4.78 is 47.0. The van der Waals surface area contributed by atoms with Crippen molar-refractivity contribution in [2.24, 2.45) is 0 Å². The average Bonchev–Trinajstić information content (AvgIpc) is 3.21. The van der Waals surface area contributed by atoms with Crippen molar-refractivity contribution in [3.05, 3.63) is 90.9 Å². The fourth-order valence-corrected chi connectivity index (χ4v) is 3.50. The molecule has 0 amide bonds. The van der Waals surface area contributed by atoms with Crippen molar-refractivity contribution < 1.29 is 21.3 Å². The monoisotopic (exact) mass is 369 g/mol. The number of hydrogen-bond acceptors (Lipinski definition) is 3. The summed E-state index contributed by atoms with van der Waals surface area (Å²) in [5.74, 6) is 0. The van der Waals surface area contributed by atoms with Crippen LogP contribution in [0.2, 0.25) is 0 Å². The Kier molecular flexibility index (Phi) is 2.91. The molecule has 0 aliphatic carbocycles. The van der Waals surface area contributed by atoms with Gasteiger partial charge in [0, 0.05) is 16.3 Å². The second-order valence-corrected chi connectivity index (χ2v) is 6.46. The molecule has 5 rings (SSSR count). The molecule has 134 valence electrons. The van der Waals surface area contributed by atoms with Crippen molar-refractivity contribution in [2.45, 2.75) is 0 Å². The molecule has 2 N–H and O–H groups in total. The van der Waals surface area contributed by atoms with E-state index in [9.17, 15) is 10.0 Å². The van der Waals surface area contributed by atoms with Crippen molar-refractivity contribution in [3.8, 4) is 22.3 Å². The van der Waals surface area contributed by atoms with E-state index in [-0.39, 0.29) is 23.1 Å². The van der Waals surface area contributed by atoms with E-state index < -0.39 is 25.2 Å². The Labute approximate surface area is 169 Å². The largest absolute Gasteiger partial charge is 0.488 e. The molecule has 0 saturated carbocycles. The van der Waals surface area contributed by atoms with Crippen LogP contribution < -0.4 is 5.46 Å². The fourth-order valence-electron chi connectivity index (χ4n) is 3.50. The zero-order chi connectivity index (χ0) is 23.4. The van der Waals surface area contributed by atoms with Crippen molar-refractivity contribution >= 4 is 34.5 Å². The van der Waals surface area contributed by atoms with Gasteiger partial charge in [0.15, 0.2) is 0 Å². The van der Waals surface area contributed by atoms with Crippen LogP contribution in [0.3, 0.4) is 0 Å². The molecule has 4 heteroatoms. The van der Waals surface area contributed by atoms with E-state index in [1.807, 2.05) is 36.4 Å². The highest BCUT2D eigenvalue weighted by Crippen LogP contribution is 2.41. The summed E-state index contributed by atoms with van der Waals surface area (Å²) in [7, 11) is -1.67. The van der Waals surface area contributed by atoms with Gasteiger partial charge in [0.1, 0.15) is 11.2 Å². The maximum Gasteiger partial charge on any atom is 0.488 e. The Balaban J connectivity index is 1.93. The predicted molar refractivity (Wildman–Crippen MR) is 114 cm³/mol. The molecule has 5 aromatic rings. The molecule has 0 unspecified atom stereocenters. The van der Waals surface area contributed by atoms with Gasteiger partial charge in [-0.3, -0.25) is 0 Å². The van der Waals surface area contributed by atoms with Gasteiger partial charge in [-0.1, -0.05) is 78.7 Å². The molecular weight excluding hydrogens is 347 g/mol. The summed E-state index contributed by atoms with van der Waals surface area (Å²) in [6.45, 7) is 0. The van der Waals surface area contributed by atoms with Gasteiger partial charge >= 0.3 is 7.12 Å². The van der Waals surface area contributed by atoms with E-state index in [0.717, 1.165) is 11.1 Å². The topological polar surface area (TPSA) is 53.6 Å². The van der Waals surface area contributed by atoms with Crippen molar-refractivity contribution in [3.63, 3.8) is 0 Å². The Morgan fingerprint density at radius 2 is 1.54 bits per heavy atom. The normalized spacial score (nSPS) is 13.7. The zero-order valence-electron chi connectivity index (χ0n) is 19.7. The molecule has 0 aliphatic rings. The second-order valence-electron chi connectivity index (χ2n) is 6.46. The van der Waals surface area contributed by atoms with Crippen molar-refractivity contribution in [2.75, 3.05) is 0 Å². The molecule has 0 spiro atoms. The fraction of sp³-hybridized carbons (Fsp3) is 0. The number of hydrogen-bond donors (Lipinski definition) is 2. The maximum absolute atomic E-state index is 9.59. The second kappa shape index (κ2) is 6.68. The first-order chi connectivity index (χ1) is 15.8. The highest BCUT2D eigenvalue weighted by molar-refractivity contribution is 6.59. The molecule has 1 heterocycles. The lowest BCUT2D eigenvalue weighted by Gasteiger charge is -2.08. The molecule has 1 aromatic heterocycles. The molecule has 3 nitrogen and oxygen atoms in total. The van der Waals surface area contributed by atoms with Gasteiger partial charge in [-0.15, -0.1) is 0 Å². The summed E-state index contributed by atoms with van der Waals surface area (Å²) in [5, 5.41) is 20.6. The van der Waals surface area contributed by atoms with Crippen LogP contribution in [0.1, 0.15) is 6.85 Å². The van der Waals surface area contributed by atoms with Crippen LogP contribution in [0.4, 0.5) is 0 Å². The van der Waals surface area contributed by atoms with E-state index in [1.165, 1.54) is 6.07 Å². The molecule has 4 aromatic carbocycles. The first kappa shape index (κ1) is 12.2. The SMILES string of the molecule is [2H]c1c([2H])c([2H])c(-c2ccc(-c3ccccc3)c3c2oc2cc(B(O)O)ccc23)c([2H])c1[2H]. The number of benzene rings is 4. The summed E-state index contributed by atoms with van der Waals surface area (Å²) in [4.78, 5) is 0. The Morgan fingerprint density at radius 1 is 0.786 bits per heavy atom. The van der Waals surface area contributed by atoms with Crippen LogP contribution in [0.15, 0.2) is 95.3 Å². The maximum atomic E-state index is 9.59. The molecular formula is C24H17BO3. The molecule has 0 atom stereocenters. The predicted octanol–water partition coefficient (Wildman–Crippen LogP) is 4.60. The summed E-state index contributed by atoms with van der Waals surface area (Å²) in [6.07, 6.45) is 0. The first-order valence-corrected chi connectivity index (χ1v) is 8.77. The lowest BCUT2D eigenvalue weighted by molar-refractivity contribution is 0.425. The molecule has 28 heavy (non-hydrogen) atoms. The van der Waals surface area contributed by atoms with E-state index in [1.54, 1.807) is 18.2 Å². The van der Waals surface area contributed by atoms with Crippen LogP contribution >= 0.6 is 0 Å². The molecule has 0 bridgehead atoms. The molecule has 0 saturated heterocycles. The number of furan rings is 1. The minimum atomic E-state index is -1.67. The lowest BCUT2D eigenvalue weighted by atomic mass is 9.80. The molecule has 0 radical (unpaired) electrons. The minimum Gasteiger partial charge on any atom is -0.455 e. The highest BCUT2D eigenvalue weighted by atomic mass is 16.4. The summed E-state index contributed by atoms with van der Waals surface area (Å²) in [5.41, 5.74) is 3.19. The summed E-state index contributed by atoms with van der Waals surface area (Å²) in [6, 6.07) is 16.1. The van der Waals surface area contributed by atoms with Crippen molar-refractivity contribution in [1.82, 2.24) is 0 Å². The summed E-state index contributed by atoms with van der Waals surface area (Å²) >= 11 is 0. The average molecular weight is 369 g/mol. The van der Waals surface area contributed by atoms with Gasteiger partial charge in [-0.25, -0.2) is 0 Å². The van der Waals surface area contributed by atoms with Gasteiger partial charge in [0.2, 0.25) is 0 Å². The van der Waals surface area contributed by atoms with Crippen molar-refractivity contribution in [1.29, 1.82) is 0 Å². The smallest absolute Gasteiger partial charge is 0.455 e. The third kappa shape index (κ3) is 2.71. The minimum absolute atomic E-state index is 0.0482. The van der Waals surface area contributed by atoms with Gasteiger partial charge in [-0.05, 0) is 34.3 Å². The lowest BCUT2D eigenvalue weighted by Crippen LogP contribution is -2.29. The van der Waals surface area contributed by atoms with Gasteiger partial charge in [0.25, 0.3) is 0 Å². The Bertz CT molecular complexity index is 1520. The molecule has 0 fully saturated rings. The van der Waals surface area contributed by atoms with Crippen LogP contribution in [0, 0.1) is 0 Å². The Morgan fingerprint density at radius 3 is 2.29 bits per heavy atom. The zero-order valence-corrected chi connectivity index (χ0v) is 14.7. The molecule has 0 aliphatic heterocycles. The third-order valence-corrected chi connectivity index (χ3v) is 4.80. The van der Waals surface area contributed by atoms with E-state index >= 15 is 0 Å². The van der Waals surface area contributed by atoms with Crippen LogP contribution in [-0.4, -0.2) is 17.2 Å². The van der Waals surface area contributed by atoms with E-state index in [0.29, 0.717) is 27.5 Å². The third-order valence-electron chi connectivity index (χ3n) is 4.80. The number of rotatable bonds is 3. The first-order valence-electron chi connectivity index (χ1n) is 11.3. The van der Waals surface area contributed by atoms with Gasteiger partial charge in [0.05, 0.1) is 6.85 Å². The van der Waals surface area contributed by atoms with Crippen LogP contribution in [0.5, 0.6) is 0 Å².